The second-order valence-electron chi connectivity index (χ2n) is 14.3. The topological polar surface area (TPSA) is 87.1 Å². The summed E-state index contributed by atoms with van der Waals surface area (Å²) in [6, 6.07) is 0. The Morgan fingerprint density at radius 3 is 1.76 bits per heavy atom. The van der Waals surface area contributed by atoms with Crippen LogP contribution >= 0.6 is 0 Å². The molecule has 0 spiro atoms. The molecule has 4 atom stereocenters. The smallest absolute Gasteiger partial charge is 0.196 e. The van der Waals surface area contributed by atoms with E-state index in [2.05, 4.69) is 32.1 Å². The average Bonchev–Trinajstić information content (AvgIpc) is 3.59. The fourth-order valence-corrected chi connectivity index (χ4v) is 6.51. The van der Waals surface area contributed by atoms with E-state index >= 15 is 0 Å². The van der Waals surface area contributed by atoms with Crippen molar-refractivity contribution in [2.75, 3.05) is 0 Å². The molecule has 1 saturated heterocycles. The number of fused-ring (bicyclic) bond motifs is 1. The van der Waals surface area contributed by atoms with Crippen LogP contribution in [0.25, 0.3) is 0 Å². The molecule has 1 aliphatic heterocycles. The van der Waals surface area contributed by atoms with Crippen molar-refractivity contribution in [2.24, 2.45) is 10.8 Å². The molecular formula is C40H52O5. The molecule has 2 N–H and O–H groups in total. The van der Waals surface area contributed by atoms with E-state index < -0.39 is 23.4 Å². The Kier molecular flexibility index (Phi) is 11.2. The van der Waals surface area contributed by atoms with Crippen LogP contribution in [0, 0.1) is 10.8 Å². The predicted octanol–water partition coefficient (Wildman–Crippen LogP) is 8.12. The minimum absolute atomic E-state index is 0.177. The molecule has 0 bridgehead atoms. The molecule has 4 unspecified atom stereocenters. The third-order valence-electron chi connectivity index (χ3n) is 9.38. The molecule has 242 valence electrons. The molecule has 5 nitrogen and oxygen atoms in total. The molecule has 5 heteroatoms. The number of hydrogen-bond acceptors (Lipinski definition) is 5. The lowest BCUT2D eigenvalue weighted by Gasteiger charge is -2.38. The van der Waals surface area contributed by atoms with E-state index in [4.69, 9.17) is 4.74 Å². The SMILES string of the molecule is CC1=C(/C=C/C(C)=C/C=C/C(C)=C/C=C/C=C(C)/C=C/C=C(C)/C=C/C23OC2(C)C(=O)C(O)CC3(C)C)C(C)(C)CC(O)C1=O. The molecule has 3 aliphatic rings. The maximum Gasteiger partial charge on any atom is 0.196 e. The monoisotopic (exact) mass is 612 g/mol. The first-order chi connectivity index (χ1) is 20.9. The van der Waals surface area contributed by atoms with Crippen LogP contribution in [0.2, 0.25) is 0 Å². The van der Waals surface area contributed by atoms with Gasteiger partial charge in [0.2, 0.25) is 0 Å². The zero-order chi connectivity index (χ0) is 33.8. The van der Waals surface area contributed by atoms with E-state index in [0.717, 1.165) is 27.9 Å². The van der Waals surface area contributed by atoms with Gasteiger partial charge in [0.25, 0.3) is 0 Å². The van der Waals surface area contributed by atoms with Gasteiger partial charge in [0.05, 0.1) is 0 Å². The van der Waals surface area contributed by atoms with Gasteiger partial charge in [-0.25, -0.2) is 0 Å². The predicted molar refractivity (Wildman–Crippen MR) is 184 cm³/mol. The summed E-state index contributed by atoms with van der Waals surface area (Å²) < 4.78 is 6.00. The summed E-state index contributed by atoms with van der Waals surface area (Å²) in [4.78, 5) is 24.8. The summed E-state index contributed by atoms with van der Waals surface area (Å²) in [6.07, 6.45) is 27.3. The fraction of sp³-hybridized carbons (Fsp3) is 0.450. The van der Waals surface area contributed by atoms with E-state index in [-0.39, 0.29) is 22.4 Å². The first-order valence-electron chi connectivity index (χ1n) is 15.8. The Labute approximate surface area is 270 Å². The summed E-state index contributed by atoms with van der Waals surface area (Å²) in [6.45, 7) is 19.9. The third kappa shape index (κ3) is 8.07. The number of carbonyl (C=O) groups excluding carboxylic acids is 2. The largest absolute Gasteiger partial charge is 0.385 e. The maximum atomic E-state index is 12.5. The highest BCUT2D eigenvalue weighted by Gasteiger charge is 2.79. The summed E-state index contributed by atoms with van der Waals surface area (Å²) in [5.74, 6) is -0.405. The number of ether oxygens (including phenoxy) is 1. The van der Waals surface area contributed by atoms with Gasteiger partial charge >= 0.3 is 0 Å². The number of epoxide rings is 1. The zero-order valence-corrected chi connectivity index (χ0v) is 28.8. The minimum atomic E-state index is -0.970. The van der Waals surface area contributed by atoms with Gasteiger partial charge in [-0.2, -0.15) is 0 Å². The Morgan fingerprint density at radius 2 is 1.20 bits per heavy atom. The first kappa shape index (κ1) is 36.1. The molecule has 2 aliphatic carbocycles. The summed E-state index contributed by atoms with van der Waals surface area (Å²) in [5, 5.41) is 20.2. The van der Waals surface area contributed by atoms with Crippen LogP contribution in [0.1, 0.15) is 82.1 Å². The molecule has 0 aromatic carbocycles. The number of aliphatic hydroxyl groups is 2. The summed E-state index contributed by atoms with van der Waals surface area (Å²) >= 11 is 0. The van der Waals surface area contributed by atoms with Crippen molar-refractivity contribution in [3.8, 4) is 0 Å². The second kappa shape index (κ2) is 13.9. The highest BCUT2D eigenvalue weighted by Crippen LogP contribution is 2.64. The number of hydrogen-bond donors (Lipinski definition) is 2. The van der Waals surface area contributed by atoms with E-state index in [0.29, 0.717) is 18.4 Å². The summed E-state index contributed by atoms with van der Waals surface area (Å²) in [5.41, 5.74) is 3.74. The van der Waals surface area contributed by atoms with Gasteiger partial charge in [0.1, 0.15) is 17.8 Å². The van der Waals surface area contributed by atoms with Crippen molar-refractivity contribution < 1.29 is 24.5 Å². The van der Waals surface area contributed by atoms with Crippen molar-refractivity contribution in [1.29, 1.82) is 0 Å². The lowest BCUT2D eigenvalue weighted by Crippen LogP contribution is -2.52. The van der Waals surface area contributed by atoms with Crippen LogP contribution in [-0.2, 0) is 14.3 Å². The molecule has 1 heterocycles. The molecule has 3 rings (SSSR count). The average molecular weight is 613 g/mol. The molecule has 0 amide bonds. The highest BCUT2D eigenvalue weighted by molar-refractivity contribution is 6.00. The minimum Gasteiger partial charge on any atom is -0.385 e. The fourth-order valence-electron chi connectivity index (χ4n) is 6.51. The van der Waals surface area contributed by atoms with Crippen molar-refractivity contribution in [1.82, 2.24) is 0 Å². The number of rotatable bonds is 10. The van der Waals surface area contributed by atoms with Crippen molar-refractivity contribution in [2.45, 2.75) is 105 Å². The van der Waals surface area contributed by atoms with Crippen molar-refractivity contribution in [3.05, 3.63) is 119 Å². The number of Topliss-reactive ketones (excluding diaryl/α,β-unsaturated/α-hetero) is 2. The van der Waals surface area contributed by atoms with Gasteiger partial charge in [-0.15, -0.1) is 0 Å². The van der Waals surface area contributed by atoms with E-state index in [1.807, 2.05) is 108 Å². The van der Waals surface area contributed by atoms with Gasteiger partial charge in [-0.1, -0.05) is 129 Å². The Bertz CT molecular complexity index is 1500. The van der Waals surface area contributed by atoms with E-state index in [1.54, 1.807) is 13.8 Å². The third-order valence-corrected chi connectivity index (χ3v) is 9.38. The zero-order valence-electron chi connectivity index (χ0n) is 28.8. The van der Waals surface area contributed by atoms with Crippen LogP contribution in [-0.4, -0.2) is 45.2 Å². The number of aliphatic hydroxyl groups excluding tert-OH is 2. The highest BCUT2D eigenvalue weighted by atomic mass is 16.6. The maximum absolute atomic E-state index is 12.5. The first-order valence-corrected chi connectivity index (χ1v) is 15.8. The van der Waals surface area contributed by atoms with E-state index in [1.165, 1.54) is 0 Å². The van der Waals surface area contributed by atoms with Crippen LogP contribution in [0.4, 0.5) is 0 Å². The summed E-state index contributed by atoms with van der Waals surface area (Å²) in [7, 11) is 0. The van der Waals surface area contributed by atoms with Crippen LogP contribution in [0.5, 0.6) is 0 Å². The molecular weight excluding hydrogens is 560 g/mol. The van der Waals surface area contributed by atoms with Gasteiger partial charge < -0.3 is 14.9 Å². The molecule has 45 heavy (non-hydrogen) atoms. The Morgan fingerprint density at radius 1 is 0.711 bits per heavy atom. The lowest BCUT2D eigenvalue weighted by atomic mass is 9.62. The van der Waals surface area contributed by atoms with Gasteiger partial charge in [-0.3, -0.25) is 9.59 Å². The number of ketones is 2. The standard InChI is InChI=1S/C40H52O5/c1-27(17-13-19-29(3)21-22-32-31(5)35(43)33(41)25-37(32,6)7)15-11-12-16-28(2)18-14-20-30(4)23-24-40-38(8,9)26-34(42)36(44)39(40,10)45-40/h11-24,33-34,41-42H,25-26H2,1-10H3/b12-11+,17-13+,18-14+,22-21+,24-23+,27-15+,28-16+,29-19+,30-20+. The molecule has 0 radical (unpaired) electrons. The Hall–Kier alpha value is -3.38. The van der Waals surface area contributed by atoms with Crippen molar-refractivity contribution >= 4 is 11.6 Å². The molecule has 0 aromatic heterocycles. The van der Waals surface area contributed by atoms with Crippen LogP contribution in [0.3, 0.4) is 0 Å². The molecule has 0 aromatic rings. The number of carbonyl (C=O) groups is 2. The Balaban J connectivity index is 1.53. The lowest BCUT2D eigenvalue weighted by molar-refractivity contribution is -0.135. The van der Waals surface area contributed by atoms with Crippen LogP contribution < -0.4 is 0 Å². The van der Waals surface area contributed by atoms with Crippen LogP contribution in [0.15, 0.2) is 119 Å². The molecule has 2 fully saturated rings. The van der Waals surface area contributed by atoms with Gasteiger partial charge in [0, 0.05) is 5.41 Å². The van der Waals surface area contributed by atoms with E-state index in [9.17, 15) is 19.8 Å². The molecule has 1 saturated carbocycles. The van der Waals surface area contributed by atoms with Gasteiger partial charge in [0.15, 0.2) is 17.2 Å². The number of allylic oxidation sites excluding steroid dienone is 18. The van der Waals surface area contributed by atoms with Gasteiger partial charge in [-0.05, 0) is 77.0 Å². The normalized spacial score (nSPS) is 31.5. The van der Waals surface area contributed by atoms with Crippen molar-refractivity contribution in [3.63, 3.8) is 0 Å². The second-order valence-corrected chi connectivity index (χ2v) is 14.3. The quantitative estimate of drug-likeness (QED) is 0.192.